The molecular formula is C53H72N4O5. The van der Waals surface area contributed by atoms with E-state index >= 15 is 0 Å². The molecule has 0 radical (unpaired) electrons. The van der Waals surface area contributed by atoms with Gasteiger partial charge >= 0.3 is 11.9 Å². The van der Waals surface area contributed by atoms with Crippen LogP contribution >= 0.6 is 0 Å². The molecule has 0 amide bonds. The molecule has 6 rings (SSSR count). The number of unbranched alkanes of at least 4 members (excludes halogenated alkanes) is 15. The first-order chi connectivity index (χ1) is 30.0. The zero-order chi connectivity index (χ0) is 44.3. The number of allylic oxidation sites excluding steroid dienone is 11. The van der Waals surface area contributed by atoms with Crippen LogP contribution in [0, 0.1) is 17.8 Å². The van der Waals surface area contributed by atoms with Crippen LogP contribution in [0.25, 0.3) is 0 Å². The third-order valence-electron chi connectivity index (χ3n) is 13.8. The van der Waals surface area contributed by atoms with E-state index in [9.17, 15) is 14.7 Å². The molecule has 6 aliphatic rings. The lowest BCUT2D eigenvalue weighted by molar-refractivity contribution is -0.146. The fourth-order valence-electron chi connectivity index (χ4n) is 9.94. The summed E-state index contributed by atoms with van der Waals surface area (Å²) in [5.41, 5.74) is 12.3. The topological polar surface area (TPSA) is 122 Å². The number of carbonyl (C=O) groups is 2. The molecule has 0 spiro atoms. The summed E-state index contributed by atoms with van der Waals surface area (Å²) in [6.45, 7) is 17.0. The van der Waals surface area contributed by atoms with Gasteiger partial charge < -0.3 is 19.9 Å². The average Bonchev–Trinajstić information content (AvgIpc) is 4.01. The second-order valence-corrected chi connectivity index (χ2v) is 17.9. The first-order valence-electron chi connectivity index (χ1n) is 23.9. The van der Waals surface area contributed by atoms with Crippen molar-refractivity contribution < 1.29 is 24.2 Å². The summed E-state index contributed by atoms with van der Waals surface area (Å²) in [6, 6.07) is 0. The first-order valence-corrected chi connectivity index (χ1v) is 23.9. The maximum Gasteiger partial charge on any atom is 0.321 e. The number of rotatable bonds is 23. The highest BCUT2D eigenvalue weighted by Gasteiger charge is 2.49. The highest BCUT2D eigenvalue weighted by molar-refractivity contribution is 6.24. The minimum atomic E-state index is -1.06. The molecule has 9 nitrogen and oxygen atoms in total. The van der Waals surface area contributed by atoms with Crippen LogP contribution in [0.5, 0.6) is 0 Å². The Morgan fingerprint density at radius 1 is 0.790 bits per heavy atom. The molecule has 3 atom stereocenters. The molecule has 5 heterocycles. The summed E-state index contributed by atoms with van der Waals surface area (Å²) in [5, 5.41) is 15.9. The third kappa shape index (κ3) is 10.3. The van der Waals surface area contributed by atoms with E-state index in [1.54, 1.807) is 0 Å². The highest BCUT2D eigenvalue weighted by atomic mass is 16.5. The van der Waals surface area contributed by atoms with Gasteiger partial charge in [0, 0.05) is 46.4 Å². The third-order valence-corrected chi connectivity index (χ3v) is 13.8. The maximum atomic E-state index is 14.3. The van der Waals surface area contributed by atoms with Crippen molar-refractivity contribution in [2.24, 2.45) is 32.7 Å². The van der Waals surface area contributed by atoms with Gasteiger partial charge in [-0.05, 0) is 80.6 Å². The minimum Gasteiger partial charge on any atom is -0.510 e. The summed E-state index contributed by atoms with van der Waals surface area (Å²) in [7, 11) is 1.40. The number of nitrogens with one attached hydrogen (secondary N) is 1. The quantitative estimate of drug-likeness (QED) is 0.0780. The fraction of sp³-hybridized carbons (Fsp3) is 0.566. The second-order valence-electron chi connectivity index (χ2n) is 17.9. The van der Waals surface area contributed by atoms with Gasteiger partial charge in [-0.25, -0.2) is 15.0 Å². The number of aliphatic imine (C=N–C) groups is 3. The van der Waals surface area contributed by atoms with E-state index in [0.29, 0.717) is 29.0 Å². The molecule has 1 fully saturated rings. The van der Waals surface area contributed by atoms with Gasteiger partial charge in [0.2, 0.25) is 0 Å². The molecule has 334 valence electrons. The van der Waals surface area contributed by atoms with Crippen LogP contribution in [-0.4, -0.2) is 47.9 Å². The fourth-order valence-corrected chi connectivity index (χ4v) is 9.94. The molecule has 5 aliphatic heterocycles. The monoisotopic (exact) mass is 845 g/mol. The van der Waals surface area contributed by atoms with E-state index < -0.39 is 11.9 Å². The Morgan fingerprint density at radius 2 is 1.39 bits per heavy atom. The van der Waals surface area contributed by atoms with E-state index in [1.807, 2.05) is 25.2 Å². The Hall–Kier alpha value is -4.79. The molecule has 0 aromatic heterocycles. The van der Waals surface area contributed by atoms with Crippen LogP contribution < -0.4 is 5.32 Å². The van der Waals surface area contributed by atoms with Crippen molar-refractivity contribution in [1.82, 2.24) is 5.32 Å². The predicted octanol–water partition coefficient (Wildman–Crippen LogP) is 12.8. The normalized spacial score (nSPS) is 21.6. The van der Waals surface area contributed by atoms with Crippen LogP contribution in [0.1, 0.15) is 164 Å². The minimum absolute atomic E-state index is 0.0472. The van der Waals surface area contributed by atoms with Crippen LogP contribution in [0.3, 0.4) is 0 Å². The van der Waals surface area contributed by atoms with Gasteiger partial charge in [0.25, 0.3) is 0 Å². The summed E-state index contributed by atoms with van der Waals surface area (Å²) in [5.74, 6) is -2.19. The number of methoxy groups -OCH3 is 1. The number of nitrogens with zero attached hydrogens (tertiary/aromatic N) is 3. The number of aliphatic hydroxyl groups is 1. The zero-order valence-electron chi connectivity index (χ0n) is 38.8. The van der Waals surface area contributed by atoms with Crippen LogP contribution in [-0.2, 0) is 19.1 Å². The molecule has 2 N–H and O–H groups in total. The first kappa shape index (κ1) is 46.7. The van der Waals surface area contributed by atoms with Crippen molar-refractivity contribution in [3.63, 3.8) is 0 Å². The molecule has 62 heavy (non-hydrogen) atoms. The summed E-state index contributed by atoms with van der Waals surface area (Å²) < 4.78 is 11.1. The van der Waals surface area contributed by atoms with Gasteiger partial charge in [0.05, 0.1) is 47.9 Å². The summed E-state index contributed by atoms with van der Waals surface area (Å²) in [4.78, 5) is 42.3. The maximum absolute atomic E-state index is 14.3. The van der Waals surface area contributed by atoms with Crippen molar-refractivity contribution >= 4 is 29.1 Å². The molecular weight excluding hydrogens is 773 g/mol. The van der Waals surface area contributed by atoms with Crippen molar-refractivity contribution in [1.29, 1.82) is 0 Å². The summed E-state index contributed by atoms with van der Waals surface area (Å²) >= 11 is 0. The molecule has 8 bridgehead atoms. The predicted molar refractivity (Wildman–Crippen MR) is 253 cm³/mol. The molecule has 9 heteroatoms. The number of fused-ring (bicyclic) bond motifs is 5. The van der Waals surface area contributed by atoms with Crippen molar-refractivity contribution in [2.45, 2.75) is 164 Å². The number of hydrogen-bond acceptors (Lipinski definition) is 9. The van der Waals surface area contributed by atoms with Crippen LogP contribution in [0.15, 0.2) is 119 Å². The number of ether oxygens (including phenoxy) is 2. The Morgan fingerprint density at radius 3 is 1.98 bits per heavy atom. The van der Waals surface area contributed by atoms with Crippen molar-refractivity contribution in [3.8, 4) is 0 Å². The lowest BCUT2D eigenvalue weighted by Crippen LogP contribution is -2.26. The second kappa shape index (κ2) is 22.0. The van der Waals surface area contributed by atoms with E-state index in [2.05, 4.69) is 52.6 Å². The van der Waals surface area contributed by atoms with E-state index in [1.165, 1.54) is 90.6 Å². The van der Waals surface area contributed by atoms with E-state index in [0.717, 1.165) is 87.8 Å². The lowest BCUT2D eigenvalue weighted by atomic mass is 9.84. The van der Waals surface area contributed by atoms with Gasteiger partial charge in [-0.1, -0.05) is 130 Å². The van der Waals surface area contributed by atoms with Gasteiger partial charge in [-0.15, -0.1) is 0 Å². The molecule has 1 saturated heterocycles. The number of hydrogen-bond donors (Lipinski definition) is 2. The van der Waals surface area contributed by atoms with E-state index in [-0.39, 0.29) is 36.6 Å². The summed E-state index contributed by atoms with van der Waals surface area (Å²) in [6.07, 6.45) is 29.7. The standard InChI is InChI=1S/C53H72N4O5/c1-9-12-13-14-15-16-17-18-19-20-21-22-23-24-25-26-29-62-53(60)49-48-50-39(27-28-46(58)61-8)35(6)42(56-50)30-40-33(4)37(10-2)44(54-40)31-41-34(5)38(11-3)45(55-41)32-43-36(7)47(52(49)59)51(48)57-43/h10,30-32,35,39,49,56,59H,2,9,11-29H2,1,3-8H3/t35-,39-,49-/m0/s1. The Bertz CT molecular complexity index is 2130. The SMILES string of the molecule is C=CC1=C(C)C2=NC1=CC1=NC(=CC3=C(C)C4=C(O)[C@@H](C(=O)OCCCCCCCCCCCCCCCCCC)C(=C5NC(=C2)[C@@H](C)[C@@H]5CCC(=O)OC)C4=N3)C(CC)=C1C. The molecule has 0 unspecified atom stereocenters. The Labute approximate surface area is 371 Å². The van der Waals surface area contributed by atoms with E-state index in [4.69, 9.17) is 24.5 Å². The van der Waals surface area contributed by atoms with Gasteiger partial charge in [0.1, 0.15) is 11.7 Å². The largest absolute Gasteiger partial charge is 0.510 e. The molecule has 0 aromatic rings. The van der Waals surface area contributed by atoms with Gasteiger partial charge in [-0.2, -0.15) is 0 Å². The Kier molecular flexibility index (Phi) is 16.6. The molecule has 0 aromatic carbocycles. The molecule has 0 saturated carbocycles. The zero-order valence-corrected chi connectivity index (χ0v) is 38.8. The van der Waals surface area contributed by atoms with Gasteiger partial charge in [-0.3, -0.25) is 9.59 Å². The van der Waals surface area contributed by atoms with Crippen molar-refractivity contribution in [2.75, 3.05) is 13.7 Å². The number of esters is 2. The lowest BCUT2D eigenvalue weighted by Gasteiger charge is -2.20. The highest BCUT2D eigenvalue weighted by Crippen LogP contribution is 2.49. The number of carbonyl (C=O) groups excluding carboxylic acids is 2. The number of aliphatic hydroxyl groups excluding tert-OH is 1. The van der Waals surface area contributed by atoms with Crippen molar-refractivity contribution in [3.05, 3.63) is 104 Å². The van der Waals surface area contributed by atoms with Crippen LogP contribution in [0.2, 0.25) is 0 Å². The smallest absolute Gasteiger partial charge is 0.321 e. The Balaban J connectivity index is 1.22. The average molecular weight is 845 g/mol. The van der Waals surface area contributed by atoms with Crippen LogP contribution in [0.4, 0.5) is 0 Å². The van der Waals surface area contributed by atoms with Gasteiger partial charge in [0.15, 0.2) is 0 Å². The molecule has 1 aliphatic carbocycles.